The Morgan fingerprint density at radius 3 is 2.27 bits per heavy atom. The Kier molecular flexibility index (Phi) is 7.39. The number of halogens is 1. The molecule has 1 fully saturated rings. The Morgan fingerprint density at radius 1 is 0.975 bits per heavy atom. The van der Waals surface area contributed by atoms with Gasteiger partial charge < -0.3 is 9.80 Å². The first-order valence-electron chi connectivity index (χ1n) is 12.5. The highest BCUT2D eigenvalue weighted by Crippen LogP contribution is 2.28. The van der Waals surface area contributed by atoms with Crippen LogP contribution in [0, 0.1) is 6.92 Å². The first-order valence-corrected chi connectivity index (χ1v) is 14.4. The van der Waals surface area contributed by atoms with E-state index in [0.717, 1.165) is 4.31 Å². The van der Waals surface area contributed by atoms with Gasteiger partial charge in [0.15, 0.2) is 0 Å². The molecule has 4 aromatic rings. The van der Waals surface area contributed by atoms with E-state index in [-0.39, 0.29) is 27.1 Å². The maximum atomic E-state index is 13.7. The molecule has 2 aromatic carbocycles. The van der Waals surface area contributed by atoms with Gasteiger partial charge in [0.1, 0.15) is 5.69 Å². The Bertz CT molecular complexity index is 1720. The number of rotatable bonds is 6. The average molecular weight is 582 g/mol. The molecule has 0 spiro atoms. The van der Waals surface area contributed by atoms with Gasteiger partial charge in [0.25, 0.3) is 21.5 Å². The maximum Gasteiger partial charge on any atom is 0.296 e. The largest absolute Gasteiger partial charge is 0.337 e. The molecule has 0 N–H and O–H groups in total. The van der Waals surface area contributed by atoms with E-state index in [4.69, 9.17) is 11.6 Å². The second-order valence-electron chi connectivity index (χ2n) is 9.35. The molecule has 1 amide bonds. The summed E-state index contributed by atoms with van der Waals surface area (Å²) >= 11 is 6.38. The summed E-state index contributed by atoms with van der Waals surface area (Å²) < 4.78 is 31.4. The Morgan fingerprint density at radius 2 is 1.62 bits per heavy atom. The topological polar surface area (TPSA) is 114 Å². The number of anilines is 2. The van der Waals surface area contributed by atoms with Crippen LogP contribution in [0.5, 0.6) is 0 Å². The van der Waals surface area contributed by atoms with Crippen molar-refractivity contribution in [2.45, 2.75) is 11.8 Å². The van der Waals surface area contributed by atoms with Crippen LogP contribution in [-0.4, -0.2) is 71.8 Å². The molecule has 1 saturated heterocycles. The predicted molar refractivity (Wildman–Crippen MR) is 153 cm³/mol. The van der Waals surface area contributed by atoms with E-state index in [0.29, 0.717) is 43.5 Å². The molecule has 40 heavy (non-hydrogen) atoms. The minimum atomic E-state index is -4.22. The van der Waals surface area contributed by atoms with Gasteiger partial charge in [-0.1, -0.05) is 29.8 Å². The summed E-state index contributed by atoms with van der Waals surface area (Å²) in [5.74, 6) is 0.215. The maximum absolute atomic E-state index is 13.7. The van der Waals surface area contributed by atoms with Crippen molar-refractivity contribution in [3.63, 3.8) is 0 Å². The molecule has 0 saturated carbocycles. The number of benzene rings is 2. The molecule has 2 aromatic heterocycles. The van der Waals surface area contributed by atoms with Crippen molar-refractivity contribution in [3.05, 3.63) is 93.6 Å². The highest BCUT2D eigenvalue weighted by molar-refractivity contribution is 7.92. The van der Waals surface area contributed by atoms with Crippen LogP contribution >= 0.6 is 11.6 Å². The zero-order valence-electron chi connectivity index (χ0n) is 22.2. The normalized spacial score (nSPS) is 13.9. The summed E-state index contributed by atoms with van der Waals surface area (Å²) in [5.41, 5.74) is 0.669. The van der Waals surface area contributed by atoms with Crippen molar-refractivity contribution in [1.82, 2.24) is 24.2 Å². The molecule has 0 unspecified atom stereocenters. The van der Waals surface area contributed by atoms with Crippen LogP contribution in [0.2, 0.25) is 5.02 Å². The number of para-hydroxylation sites is 1. The number of carbonyl (C=O) groups excluding carboxylic acids is 1. The fraction of sp³-hybridized carbons (Fsp3) is 0.259. The van der Waals surface area contributed by atoms with E-state index in [9.17, 15) is 18.0 Å². The van der Waals surface area contributed by atoms with Crippen molar-refractivity contribution in [2.24, 2.45) is 7.05 Å². The minimum absolute atomic E-state index is 0.00781. The lowest BCUT2D eigenvalue weighted by molar-refractivity contribution is 0.0746. The zero-order chi connectivity index (χ0) is 28.6. The van der Waals surface area contributed by atoms with E-state index in [1.807, 2.05) is 11.0 Å². The summed E-state index contributed by atoms with van der Waals surface area (Å²) in [6.45, 7) is 3.52. The lowest BCUT2D eigenvalue weighted by atomic mass is 10.2. The number of hydrogen-bond acceptors (Lipinski definition) is 7. The van der Waals surface area contributed by atoms with Crippen LogP contribution in [0.1, 0.15) is 16.1 Å². The number of amides is 1. The third-order valence-electron chi connectivity index (χ3n) is 7.07. The number of nitrogens with zero attached hydrogens (tertiary/aromatic N) is 7. The second kappa shape index (κ2) is 10.8. The van der Waals surface area contributed by atoms with Crippen LogP contribution in [0.3, 0.4) is 0 Å². The van der Waals surface area contributed by atoms with Crippen molar-refractivity contribution in [3.8, 4) is 5.69 Å². The molecule has 0 aliphatic carbocycles. The zero-order valence-corrected chi connectivity index (χ0v) is 23.8. The molecule has 1 aliphatic rings. The van der Waals surface area contributed by atoms with E-state index < -0.39 is 15.6 Å². The standard InChI is InChI=1S/C27H28ClN7O4S/c1-19-24(26(37)35(31(19)2)20-8-5-4-6-9-20)32(3)40(38,39)21-10-11-23(28)22(18-21)25(36)33-14-16-34(17-15-33)27-29-12-7-13-30-27/h4-13,18H,14-17H2,1-3H3. The molecule has 5 rings (SSSR count). The van der Waals surface area contributed by atoms with Crippen molar-refractivity contribution in [2.75, 3.05) is 42.4 Å². The molecule has 208 valence electrons. The van der Waals surface area contributed by atoms with Gasteiger partial charge >= 0.3 is 0 Å². The molecular weight excluding hydrogens is 554 g/mol. The first-order chi connectivity index (χ1) is 19.1. The van der Waals surface area contributed by atoms with Crippen LogP contribution in [-0.2, 0) is 17.1 Å². The Hall–Kier alpha value is -4.16. The van der Waals surface area contributed by atoms with E-state index in [1.54, 1.807) is 66.3 Å². The third kappa shape index (κ3) is 4.84. The third-order valence-corrected chi connectivity index (χ3v) is 9.15. The molecule has 0 atom stereocenters. The van der Waals surface area contributed by atoms with Crippen LogP contribution in [0.15, 0.2) is 76.7 Å². The lowest BCUT2D eigenvalue weighted by Gasteiger charge is -2.34. The molecular formula is C27H28ClN7O4S. The van der Waals surface area contributed by atoms with E-state index >= 15 is 0 Å². The first kappa shape index (κ1) is 27.4. The smallest absolute Gasteiger partial charge is 0.296 e. The van der Waals surface area contributed by atoms with Gasteiger partial charge in [-0.05, 0) is 43.3 Å². The van der Waals surface area contributed by atoms with Crippen molar-refractivity contribution < 1.29 is 13.2 Å². The molecule has 3 heterocycles. The minimum Gasteiger partial charge on any atom is -0.337 e. The van der Waals surface area contributed by atoms with Gasteiger partial charge in [-0.2, -0.15) is 0 Å². The van der Waals surface area contributed by atoms with Gasteiger partial charge in [-0.15, -0.1) is 0 Å². The highest BCUT2D eigenvalue weighted by Gasteiger charge is 2.31. The van der Waals surface area contributed by atoms with Gasteiger partial charge in [-0.25, -0.2) is 23.1 Å². The van der Waals surface area contributed by atoms with Gasteiger partial charge in [-0.3, -0.25) is 18.6 Å². The number of sulfonamides is 1. The highest BCUT2D eigenvalue weighted by atomic mass is 35.5. The predicted octanol–water partition coefficient (Wildman–Crippen LogP) is 2.72. The molecule has 11 nitrogen and oxygen atoms in total. The van der Waals surface area contributed by atoms with Crippen molar-refractivity contribution in [1.29, 1.82) is 0 Å². The molecule has 13 heteroatoms. The van der Waals surface area contributed by atoms with Crippen LogP contribution in [0.25, 0.3) is 5.69 Å². The number of aromatic nitrogens is 4. The van der Waals surface area contributed by atoms with Crippen LogP contribution < -0.4 is 14.8 Å². The van der Waals surface area contributed by atoms with E-state index in [2.05, 4.69) is 9.97 Å². The number of piperazine rings is 1. The number of hydrogen-bond donors (Lipinski definition) is 0. The summed E-state index contributed by atoms with van der Waals surface area (Å²) in [7, 11) is -1.20. The molecule has 0 radical (unpaired) electrons. The quantitative estimate of drug-likeness (QED) is 0.344. The van der Waals surface area contributed by atoms with Gasteiger partial charge in [0.2, 0.25) is 5.95 Å². The van der Waals surface area contributed by atoms with E-state index in [1.165, 1.54) is 29.9 Å². The van der Waals surface area contributed by atoms with Gasteiger partial charge in [0.05, 0.1) is 26.9 Å². The summed E-state index contributed by atoms with van der Waals surface area (Å²) in [6, 6.07) is 14.7. The number of carbonyl (C=O) groups is 1. The summed E-state index contributed by atoms with van der Waals surface area (Å²) in [5, 5.41) is 0.141. The monoisotopic (exact) mass is 581 g/mol. The summed E-state index contributed by atoms with van der Waals surface area (Å²) in [6.07, 6.45) is 3.33. The Balaban J connectivity index is 1.42. The molecule has 1 aliphatic heterocycles. The molecule has 0 bridgehead atoms. The van der Waals surface area contributed by atoms with Crippen molar-refractivity contribution >= 4 is 39.2 Å². The fourth-order valence-corrected chi connectivity index (χ4v) is 6.23. The fourth-order valence-electron chi connectivity index (χ4n) is 4.76. The SMILES string of the molecule is Cc1c(N(C)S(=O)(=O)c2ccc(Cl)c(C(=O)N3CCN(c4ncccn4)CC3)c2)c(=O)n(-c2ccccc2)n1C. The Labute approximate surface area is 236 Å². The van der Waals surface area contributed by atoms with Crippen LogP contribution in [0.4, 0.5) is 11.6 Å². The average Bonchev–Trinajstić information content (AvgIpc) is 3.20. The second-order valence-corrected chi connectivity index (χ2v) is 11.7. The summed E-state index contributed by atoms with van der Waals surface area (Å²) in [4.78, 5) is 38.8. The van der Waals surface area contributed by atoms with Gasteiger partial charge in [0, 0.05) is 52.7 Å². The lowest BCUT2D eigenvalue weighted by Crippen LogP contribution is -2.49.